The van der Waals surface area contributed by atoms with Gasteiger partial charge < -0.3 is 20.1 Å². The van der Waals surface area contributed by atoms with Gasteiger partial charge in [-0.1, -0.05) is 177 Å². The van der Waals surface area contributed by atoms with Crippen LogP contribution in [0.2, 0.25) is 0 Å². The highest BCUT2D eigenvalue weighted by atomic mass is 31.2. The summed E-state index contributed by atoms with van der Waals surface area (Å²) in [4.78, 5) is 33.9. The molecule has 0 radical (unpaired) electrons. The molecule has 0 aromatic carbocycles. The lowest BCUT2D eigenvalue weighted by Crippen LogP contribution is -2.27. The van der Waals surface area contributed by atoms with Crippen LogP contribution in [0.1, 0.15) is 187 Å². The van der Waals surface area contributed by atoms with Crippen molar-refractivity contribution in [3.05, 3.63) is 60.8 Å². The van der Waals surface area contributed by atoms with E-state index in [1.165, 1.54) is 77.0 Å². The van der Waals surface area contributed by atoms with E-state index >= 15 is 0 Å². The topological polar surface area (TPSA) is 131 Å². The Bertz CT molecular complexity index is 1100. The van der Waals surface area contributed by atoms with E-state index in [4.69, 9.17) is 13.8 Å². The molecule has 0 heterocycles. The number of rotatable bonds is 41. The molecule has 56 heavy (non-hydrogen) atoms. The molecule has 0 saturated heterocycles. The standard InChI is InChI=1S/C46H82NO8P/c1-3-5-7-9-11-13-15-17-18-19-20-21-22-23-24-25-26-27-29-31-33-35-37-39-46(50)53-42-44(48)43-55-56(51,52)54-41-40-47-45(49)38-36-34-32-30-28-16-14-12-10-8-6-4-2/h5,7,11,13,17-18,20-21,23-24,44,48H,3-4,6,8-10,12,14-16,19,22,25-43H2,1-2H3,(H,47,49)(H,51,52)/b7-5-,13-11-,18-17-,21-20-,24-23-. The summed E-state index contributed by atoms with van der Waals surface area (Å²) in [6, 6.07) is 0. The monoisotopic (exact) mass is 808 g/mol. The van der Waals surface area contributed by atoms with Crippen LogP contribution in [-0.2, 0) is 27.9 Å². The number of ether oxygens (including phenoxy) is 1. The van der Waals surface area contributed by atoms with E-state index in [1.807, 2.05) is 0 Å². The molecular formula is C46H82NO8P. The molecule has 0 spiro atoms. The van der Waals surface area contributed by atoms with Crippen LogP contribution >= 0.6 is 7.82 Å². The minimum absolute atomic E-state index is 0.0803. The van der Waals surface area contributed by atoms with Gasteiger partial charge in [-0.25, -0.2) is 4.57 Å². The molecule has 0 aliphatic rings. The van der Waals surface area contributed by atoms with Gasteiger partial charge in [-0.15, -0.1) is 0 Å². The first-order chi connectivity index (χ1) is 27.3. The SMILES string of the molecule is CC/C=C\C/C=C\C/C=C\C/C=C\C/C=C\CCCCCCCCCC(=O)OCC(O)COP(=O)(O)OCCNC(=O)CCCCCCCCCCCCCC. The van der Waals surface area contributed by atoms with Gasteiger partial charge in [0.1, 0.15) is 12.7 Å². The van der Waals surface area contributed by atoms with E-state index in [-0.39, 0.29) is 32.1 Å². The zero-order valence-corrected chi connectivity index (χ0v) is 36.5. The first-order valence-corrected chi connectivity index (χ1v) is 23.8. The van der Waals surface area contributed by atoms with Gasteiger partial charge in [0, 0.05) is 19.4 Å². The van der Waals surface area contributed by atoms with Crippen molar-refractivity contribution in [2.75, 3.05) is 26.4 Å². The van der Waals surface area contributed by atoms with Gasteiger partial charge in [-0.3, -0.25) is 18.6 Å². The predicted molar refractivity (Wildman–Crippen MR) is 233 cm³/mol. The molecule has 0 saturated carbocycles. The van der Waals surface area contributed by atoms with E-state index in [9.17, 15) is 24.2 Å². The number of hydrogen-bond donors (Lipinski definition) is 3. The maximum absolute atomic E-state index is 12.1. The summed E-state index contributed by atoms with van der Waals surface area (Å²) in [7, 11) is -4.42. The first-order valence-electron chi connectivity index (χ1n) is 22.3. The zero-order chi connectivity index (χ0) is 41.1. The first kappa shape index (κ1) is 53.7. The summed E-state index contributed by atoms with van der Waals surface area (Å²) in [5.41, 5.74) is 0. The van der Waals surface area contributed by atoms with Crippen LogP contribution in [0.15, 0.2) is 60.8 Å². The normalized spacial score (nSPS) is 13.9. The number of unbranched alkanes of at least 4 members (excludes halogenated alkanes) is 18. The molecule has 324 valence electrons. The maximum atomic E-state index is 12.1. The van der Waals surface area contributed by atoms with Gasteiger partial charge >= 0.3 is 13.8 Å². The van der Waals surface area contributed by atoms with Crippen LogP contribution < -0.4 is 5.32 Å². The largest absolute Gasteiger partial charge is 0.472 e. The summed E-state index contributed by atoms with van der Waals surface area (Å²) < 4.78 is 26.9. The third kappa shape index (κ3) is 42.8. The van der Waals surface area contributed by atoms with E-state index in [2.05, 4.69) is 79.9 Å². The van der Waals surface area contributed by atoms with Crippen LogP contribution in [0, 0.1) is 0 Å². The van der Waals surface area contributed by atoms with Crippen molar-refractivity contribution in [3.63, 3.8) is 0 Å². The molecule has 2 unspecified atom stereocenters. The lowest BCUT2D eigenvalue weighted by atomic mass is 10.0. The molecule has 9 nitrogen and oxygen atoms in total. The molecule has 0 bridgehead atoms. The summed E-state index contributed by atoms with van der Waals surface area (Å²) in [6.45, 7) is 3.42. The second-order valence-electron chi connectivity index (χ2n) is 14.6. The molecule has 0 aromatic heterocycles. The zero-order valence-electron chi connectivity index (χ0n) is 35.6. The van der Waals surface area contributed by atoms with Crippen LogP contribution in [-0.4, -0.2) is 54.3 Å². The van der Waals surface area contributed by atoms with E-state index in [1.54, 1.807) is 0 Å². The second kappa shape index (κ2) is 42.3. The second-order valence-corrected chi connectivity index (χ2v) is 16.1. The number of phosphoric ester groups is 1. The Kier molecular flexibility index (Phi) is 40.6. The summed E-state index contributed by atoms with van der Waals surface area (Å²) in [6.07, 6.45) is 50.1. The predicted octanol–water partition coefficient (Wildman–Crippen LogP) is 12.5. The minimum atomic E-state index is -4.42. The van der Waals surface area contributed by atoms with Gasteiger partial charge in [0.05, 0.1) is 13.2 Å². The Morgan fingerprint density at radius 1 is 0.571 bits per heavy atom. The van der Waals surface area contributed by atoms with Crippen molar-refractivity contribution in [1.82, 2.24) is 5.32 Å². The highest BCUT2D eigenvalue weighted by Crippen LogP contribution is 2.42. The van der Waals surface area contributed by atoms with Gasteiger partial charge in [-0.2, -0.15) is 0 Å². The number of allylic oxidation sites excluding steroid dienone is 10. The van der Waals surface area contributed by atoms with E-state index < -0.39 is 26.5 Å². The summed E-state index contributed by atoms with van der Waals surface area (Å²) in [5.74, 6) is -0.529. The number of carbonyl (C=O) groups is 2. The number of esters is 1. The number of aliphatic hydroxyl groups is 1. The molecule has 0 fully saturated rings. The fourth-order valence-electron chi connectivity index (χ4n) is 5.88. The minimum Gasteiger partial charge on any atom is -0.463 e. The lowest BCUT2D eigenvalue weighted by molar-refractivity contribution is -0.147. The number of nitrogens with one attached hydrogen (secondary N) is 1. The van der Waals surface area contributed by atoms with Gasteiger partial charge in [0.2, 0.25) is 5.91 Å². The Morgan fingerprint density at radius 2 is 1.02 bits per heavy atom. The van der Waals surface area contributed by atoms with E-state index in [0.717, 1.165) is 83.5 Å². The maximum Gasteiger partial charge on any atom is 0.472 e. The Hall–Kier alpha value is -2.29. The smallest absolute Gasteiger partial charge is 0.463 e. The molecule has 2 atom stereocenters. The molecule has 3 N–H and O–H groups in total. The Morgan fingerprint density at radius 3 is 1.54 bits per heavy atom. The molecule has 10 heteroatoms. The fourth-order valence-corrected chi connectivity index (χ4v) is 6.63. The molecule has 0 aromatic rings. The number of carbonyl (C=O) groups excluding carboxylic acids is 2. The van der Waals surface area contributed by atoms with Crippen LogP contribution in [0.5, 0.6) is 0 Å². The summed E-state index contributed by atoms with van der Waals surface area (Å²) in [5, 5.41) is 12.7. The van der Waals surface area contributed by atoms with Gasteiger partial charge in [-0.05, 0) is 57.8 Å². The fraction of sp³-hybridized carbons (Fsp3) is 0.739. The van der Waals surface area contributed by atoms with Gasteiger partial charge in [0.15, 0.2) is 0 Å². The number of hydrogen-bond acceptors (Lipinski definition) is 7. The van der Waals surface area contributed by atoms with Crippen molar-refractivity contribution >= 4 is 19.7 Å². The Balaban J connectivity index is 3.62. The van der Waals surface area contributed by atoms with Crippen molar-refractivity contribution in [1.29, 1.82) is 0 Å². The van der Waals surface area contributed by atoms with Crippen molar-refractivity contribution in [3.8, 4) is 0 Å². The van der Waals surface area contributed by atoms with Crippen molar-refractivity contribution in [2.24, 2.45) is 0 Å². The number of aliphatic hydroxyl groups excluding tert-OH is 1. The highest BCUT2D eigenvalue weighted by Gasteiger charge is 2.23. The van der Waals surface area contributed by atoms with Crippen molar-refractivity contribution in [2.45, 2.75) is 193 Å². The molecule has 0 rings (SSSR count). The van der Waals surface area contributed by atoms with Crippen molar-refractivity contribution < 1.29 is 37.9 Å². The number of amides is 1. The summed E-state index contributed by atoms with van der Waals surface area (Å²) >= 11 is 0. The molecular weight excluding hydrogens is 725 g/mol. The highest BCUT2D eigenvalue weighted by molar-refractivity contribution is 7.47. The third-order valence-electron chi connectivity index (χ3n) is 9.21. The Labute approximate surface area is 342 Å². The average molecular weight is 808 g/mol. The lowest BCUT2D eigenvalue weighted by Gasteiger charge is -2.15. The quantitative estimate of drug-likeness (QED) is 0.0241. The van der Waals surface area contributed by atoms with Crippen LogP contribution in [0.4, 0.5) is 0 Å². The van der Waals surface area contributed by atoms with Crippen LogP contribution in [0.3, 0.4) is 0 Å². The molecule has 0 aliphatic heterocycles. The van der Waals surface area contributed by atoms with E-state index in [0.29, 0.717) is 6.42 Å². The number of phosphoric acid groups is 1. The average Bonchev–Trinajstić information content (AvgIpc) is 3.18. The molecule has 1 amide bonds. The van der Waals surface area contributed by atoms with Gasteiger partial charge in [0.25, 0.3) is 0 Å². The van der Waals surface area contributed by atoms with Crippen LogP contribution in [0.25, 0.3) is 0 Å². The third-order valence-corrected chi connectivity index (χ3v) is 10.2. The molecule has 0 aliphatic carbocycles.